The van der Waals surface area contributed by atoms with Gasteiger partial charge in [-0.3, -0.25) is 0 Å². The molecule has 0 radical (unpaired) electrons. The highest BCUT2D eigenvalue weighted by atomic mass is 16.5. The second-order valence-corrected chi connectivity index (χ2v) is 7.00. The van der Waals surface area contributed by atoms with E-state index in [1.807, 2.05) is 23.0 Å². The molecular weight excluding hydrogens is 324 g/mol. The second-order valence-electron chi connectivity index (χ2n) is 7.00. The van der Waals surface area contributed by atoms with Crippen LogP contribution in [0, 0.1) is 0 Å². The summed E-state index contributed by atoms with van der Waals surface area (Å²) >= 11 is 0. The van der Waals surface area contributed by atoms with E-state index in [4.69, 9.17) is 9.72 Å². The van der Waals surface area contributed by atoms with Gasteiger partial charge >= 0.3 is 0 Å². The third-order valence-electron chi connectivity index (χ3n) is 5.31. The molecule has 1 aromatic carbocycles. The number of nitrogens with zero attached hydrogens (tertiary/aromatic N) is 3. The van der Waals surface area contributed by atoms with Gasteiger partial charge in [0.2, 0.25) is 0 Å². The van der Waals surface area contributed by atoms with E-state index in [1.165, 1.54) is 37.7 Å². The maximum atomic E-state index is 5.55. The zero-order valence-corrected chi connectivity index (χ0v) is 15.5. The van der Waals surface area contributed by atoms with Gasteiger partial charge in [0, 0.05) is 17.8 Å². The van der Waals surface area contributed by atoms with Crippen LogP contribution in [0.5, 0.6) is 5.75 Å². The lowest BCUT2D eigenvalue weighted by Gasteiger charge is -2.23. The van der Waals surface area contributed by atoms with Crippen molar-refractivity contribution in [3.8, 4) is 16.9 Å². The van der Waals surface area contributed by atoms with E-state index < -0.39 is 0 Å². The van der Waals surface area contributed by atoms with Crippen LogP contribution in [0.1, 0.15) is 44.6 Å². The molecule has 0 atom stereocenters. The molecule has 1 N–H and O–H groups in total. The Kier molecular flexibility index (Phi) is 4.78. The van der Waals surface area contributed by atoms with Crippen LogP contribution in [0.3, 0.4) is 0 Å². The Morgan fingerprint density at radius 2 is 2.04 bits per heavy atom. The Bertz CT molecular complexity index is 896. The molecule has 1 aliphatic rings. The summed E-state index contributed by atoms with van der Waals surface area (Å²) in [5, 5.41) is 8.07. The third-order valence-corrected chi connectivity index (χ3v) is 5.31. The molecule has 0 bridgehead atoms. The molecular formula is C21H26N4O. The number of nitrogens with one attached hydrogen (secondary N) is 1. The third kappa shape index (κ3) is 3.26. The first-order valence-corrected chi connectivity index (χ1v) is 9.56. The van der Waals surface area contributed by atoms with Crippen LogP contribution in [0.2, 0.25) is 0 Å². The lowest BCUT2D eigenvalue weighted by atomic mass is 9.95. The Hall–Kier alpha value is -2.56. The van der Waals surface area contributed by atoms with Crippen molar-refractivity contribution in [1.29, 1.82) is 0 Å². The molecule has 0 unspecified atom stereocenters. The van der Waals surface area contributed by atoms with Crippen molar-refractivity contribution >= 4 is 11.5 Å². The average Bonchev–Trinajstić information content (AvgIpc) is 3.11. The van der Waals surface area contributed by atoms with Gasteiger partial charge in [-0.05, 0) is 42.5 Å². The minimum Gasteiger partial charge on any atom is -0.496 e. The van der Waals surface area contributed by atoms with E-state index >= 15 is 0 Å². The van der Waals surface area contributed by atoms with Gasteiger partial charge in [0.25, 0.3) is 0 Å². The first kappa shape index (κ1) is 16.9. The van der Waals surface area contributed by atoms with Crippen molar-refractivity contribution in [3.63, 3.8) is 0 Å². The summed E-state index contributed by atoms with van der Waals surface area (Å²) in [5.74, 6) is 1.85. The minimum absolute atomic E-state index is 0.536. The van der Waals surface area contributed by atoms with Crippen LogP contribution in [0.4, 0.5) is 5.82 Å². The summed E-state index contributed by atoms with van der Waals surface area (Å²) in [4.78, 5) is 4.85. The predicted octanol–water partition coefficient (Wildman–Crippen LogP) is 4.71. The van der Waals surface area contributed by atoms with Crippen LogP contribution in [0.25, 0.3) is 16.8 Å². The molecule has 0 spiro atoms. The summed E-state index contributed by atoms with van der Waals surface area (Å²) in [5.41, 5.74) is 4.19. The van der Waals surface area contributed by atoms with E-state index in [1.54, 1.807) is 7.11 Å². The van der Waals surface area contributed by atoms with E-state index in [2.05, 4.69) is 35.5 Å². The highest BCUT2D eigenvalue weighted by molar-refractivity contribution is 5.78. The molecule has 4 rings (SSSR count). The van der Waals surface area contributed by atoms with Crippen molar-refractivity contribution < 1.29 is 4.74 Å². The number of benzene rings is 1. The SMILES string of the molecule is CCc1ccc(-c2cnn3ccc(NC4CCCCC4)nc23)cc1OC. The maximum absolute atomic E-state index is 5.55. The summed E-state index contributed by atoms with van der Waals surface area (Å²) in [6.07, 6.45) is 11.2. The van der Waals surface area contributed by atoms with Crippen molar-refractivity contribution in [2.75, 3.05) is 12.4 Å². The molecule has 1 saturated carbocycles. The Labute approximate surface area is 154 Å². The number of fused-ring (bicyclic) bond motifs is 1. The number of methoxy groups -OCH3 is 1. The standard InChI is InChI=1S/C21H26N4O/c1-3-15-9-10-16(13-19(15)26-2)18-14-22-25-12-11-20(24-21(18)25)23-17-7-5-4-6-8-17/h9-14,17H,3-8H2,1-2H3,(H,23,24). The van der Waals surface area contributed by atoms with Gasteiger partial charge in [0.1, 0.15) is 11.6 Å². The number of rotatable bonds is 5. The molecule has 26 heavy (non-hydrogen) atoms. The number of hydrogen-bond donors (Lipinski definition) is 1. The van der Waals surface area contributed by atoms with Crippen LogP contribution in [-0.2, 0) is 6.42 Å². The lowest BCUT2D eigenvalue weighted by molar-refractivity contribution is 0.410. The van der Waals surface area contributed by atoms with E-state index in [-0.39, 0.29) is 0 Å². The minimum atomic E-state index is 0.536. The normalized spacial score (nSPS) is 15.3. The second kappa shape index (κ2) is 7.36. The van der Waals surface area contributed by atoms with Gasteiger partial charge in [-0.25, -0.2) is 9.50 Å². The van der Waals surface area contributed by atoms with Crippen LogP contribution in [0.15, 0.2) is 36.7 Å². The fraction of sp³-hybridized carbons (Fsp3) is 0.429. The van der Waals surface area contributed by atoms with E-state index in [0.717, 1.165) is 34.8 Å². The van der Waals surface area contributed by atoms with E-state index in [9.17, 15) is 0 Å². The fourth-order valence-electron chi connectivity index (χ4n) is 3.81. The Balaban J connectivity index is 1.68. The summed E-state index contributed by atoms with van der Waals surface area (Å²) < 4.78 is 7.39. The van der Waals surface area contributed by atoms with Crippen molar-refractivity contribution in [1.82, 2.24) is 14.6 Å². The lowest BCUT2D eigenvalue weighted by Crippen LogP contribution is -2.22. The fourth-order valence-corrected chi connectivity index (χ4v) is 3.81. The topological polar surface area (TPSA) is 51.5 Å². The van der Waals surface area contributed by atoms with Gasteiger partial charge in [0.15, 0.2) is 5.65 Å². The molecule has 5 heteroatoms. The molecule has 0 saturated heterocycles. The highest BCUT2D eigenvalue weighted by Gasteiger charge is 2.15. The molecule has 0 amide bonds. The van der Waals surface area contributed by atoms with Gasteiger partial charge in [-0.1, -0.05) is 38.3 Å². The molecule has 136 valence electrons. The van der Waals surface area contributed by atoms with Gasteiger partial charge in [-0.2, -0.15) is 5.10 Å². The first-order valence-electron chi connectivity index (χ1n) is 9.56. The monoisotopic (exact) mass is 350 g/mol. The van der Waals surface area contributed by atoms with Gasteiger partial charge in [0.05, 0.1) is 13.3 Å². The zero-order valence-electron chi connectivity index (χ0n) is 15.5. The summed E-state index contributed by atoms with van der Waals surface area (Å²) in [6.45, 7) is 2.14. The van der Waals surface area contributed by atoms with E-state index in [0.29, 0.717) is 6.04 Å². The summed E-state index contributed by atoms with van der Waals surface area (Å²) in [7, 11) is 1.72. The Morgan fingerprint density at radius 3 is 2.81 bits per heavy atom. The number of aromatic nitrogens is 3. The smallest absolute Gasteiger partial charge is 0.165 e. The molecule has 1 fully saturated rings. The Morgan fingerprint density at radius 1 is 1.19 bits per heavy atom. The molecule has 2 aromatic heterocycles. The van der Waals surface area contributed by atoms with Crippen molar-refractivity contribution in [3.05, 3.63) is 42.2 Å². The van der Waals surface area contributed by atoms with Crippen molar-refractivity contribution in [2.24, 2.45) is 0 Å². The molecule has 3 aromatic rings. The van der Waals surface area contributed by atoms with Crippen molar-refractivity contribution in [2.45, 2.75) is 51.5 Å². The molecule has 1 aliphatic carbocycles. The maximum Gasteiger partial charge on any atom is 0.165 e. The number of aryl methyl sites for hydroxylation is 1. The highest BCUT2D eigenvalue weighted by Crippen LogP contribution is 2.30. The van der Waals surface area contributed by atoms with Gasteiger partial charge in [-0.15, -0.1) is 0 Å². The molecule has 0 aliphatic heterocycles. The van der Waals surface area contributed by atoms with Crippen LogP contribution in [-0.4, -0.2) is 27.7 Å². The first-order chi connectivity index (χ1) is 12.8. The van der Waals surface area contributed by atoms with Gasteiger partial charge < -0.3 is 10.1 Å². The number of anilines is 1. The zero-order chi connectivity index (χ0) is 17.9. The van der Waals surface area contributed by atoms with Crippen LogP contribution >= 0.6 is 0 Å². The average molecular weight is 350 g/mol. The molecule has 5 nitrogen and oxygen atoms in total. The van der Waals surface area contributed by atoms with Crippen LogP contribution < -0.4 is 10.1 Å². The largest absolute Gasteiger partial charge is 0.496 e. The quantitative estimate of drug-likeness (QED) is 0.724. The summed E-state index contributed by atoms with van der Waals surface area (Å²) in [6, 6.07) is 8.88. The number of hydrogen-bond acceptors (Lipinski definition) is 4. The molecule has 2 heterocycles. The number of ether oxygens (including phenoxy) is 1. The predicted molar refractivity (Wildman–Crippen MR) is 105 cm³/mol.